The minimum atomic E-state index is -0.493. The van der Waals surface area contributed by atoms with Gasteiger partial charge in [0.15, 0.2) is 0 Å². The van der Waals surface area contributed by atoms with Crippen LogP contribution in [0.4, 0.5) is 0 Å². The molecule has 128 valence electrons. The predicted octanol–water partition coefficient (Wildman–Crippen LogP) is 4.29. The number of carbonyl (C=O) groups excluding carboxylic acids is 2. The van der Waals surface area contributed by atoms with Crippen LogP contribution in [0.25, 0.3) is 10.1 Å². The number of hydrogen-bond donors (Lipinski definition) is 2. The molecule has 0 radical (unpaired) electrons. The number of thiophene rings is 1. The smallest absolute Gasteiger partial charge is 0.281 e. The summed E-state index contributed by atoms with van der Waals surface area (Å²) in [6.45, 7) is 0. The Morgan fingerprint density at radius 2 is 1.68 bits per heavy atom. The Balaban J connectivity index is 1.74. The summed E-state index contributed by atoms with van der Waals surface area (Å²) >= 11 is 13.3. The van der Waals surface area contributed by atoms with Crippen LogP contribution in [0.3, 0.4) is 0 Å². The van der Waals surface area contributed by atoms with Crippen LogP contribution in [0.1, 0.15) is 20.0 Å². The van der Waals surface area contributed by atoms with Gasteiger partial charge < -0.3 is 4.74 Å². The summed E-state index contributed by atoms with van der Waals surface area (Å²) in [5.74, 6) is -0.273. The fourth-order valence-corrected chi connectivity index (χ4v) is 3.73. The molecule has 0 saturated heterocycles. The lowest BCUT2D eigenvalue weighted by Crippen LogP contribution is -2.41. The zero-order valence-corrected chi connectivity index (χ0v) is 15.3. The van der Waals surface area contributed by atoms with Gasteiger partial charge >= 0.3 is 0 Å². The molecular formula is C17H12Cl2N2O3S. The van der Waals surface area contributed by atoms with Gasteiger partial charge in [0.25, 0.3) is 11.8 Å². The first-order valence-corrected chi connectivity index (χ1v) is 8.69. The van der Waals surface area contributed by atoms with E-state index in [1.54, 1.807) is 49.6 Å². The van der Waals surface area contributed by atoms with Crippen LogP contribution in [-0.4, -0.2) is 18.9 Å². The molecule has 0 aliphatic rings. The molecule has 0 unspecified atom stereocenters. The van der Waals surface area contributed by atoms with E-state index in [2.05, 4.69) is 10.9 Å². The second kappa shape index (κ2) is 7.31. The highest BCUT2D eigenvalue weighted by Crippen LogP contribution is 2.37. The van der Waals surface area contributed by atoms with E-state index >= 15 is 0 Å². The zero-order chi connectivity index (χ0) is 18.0. The first-order chi connectivity index (χ1) is 12.0. The number of halogens is 2. The fourth-order valence-electron chi connectivity index (χ4n) is 2.16. The van der Waals surface area contributed by atoms with E-state index in [4.69, 9.17) is 27.9 Å². The predicted molar refractivity (Wildman–Crippen MR) is 99.8 cm³/mol. The van der Waals surface area contributed by atoms with E-state index in [0.29, 0.717) is 26.2 Å². The molecule has 1 heterocycles. The quantitative estimate of drug-likeness (QED) is 0.651. The van der Waals surface area contributed by atoms with E-state index in [1.165, 1.54) is 11.3 Å². The van der Waals surface area contributed by atoms with Crippen LogP contribution >= 0.6 is 34.5 Å². The number of ether oxygens (including phenoxy) is 1. The number of methoxy groups -OCH3 is 1. The summed E-state index contributed by atoms with van der Waals surface area (Å²) in [5, 5.41) is 1.61. The van der Waals surface area contributed by atoms with E-state index in [0.717, 1.165) is 10.1 Å². The SMILES string of the molecule is COc1ccc2c(Cl)c(C(=O)NNC(=O)c3ccc(Cl)cc3)sc2c1. The first kappa shape index (κ1) is 17.5. The monoisotopic (exact) mass is 394 g/mol. The minimum Gasteiger partial charge on any atom is -0.497 e. The molecule has 3 rings (SSSR count). The second-order valence-corrected chi connectivity index (χ2v) is 6.89. The lowest BCUT2D eigenvalue weighted by Gasteiger charge is -2.06. The van der Waals surface area contributed by atoms with Gasteiger partial charge in [-0.15, -0.1) is 11.3 Å². The Kier molecular flexibility index (Phi) is 5.13. The van der Waals surface area contributed by atoms with Gasteiger partial charge in [0.1, 0.15) is 10.6 Å². The second-order valence-electron chi connectivity index (χ2n) is 5.02. The average Bonchev–Trinajstić information content (AvgIpc) is 2.96. The molecule has 8 heteroatoms. The highest BCUT2D eigenvalue weighted by molar-refractivity contribution is 7.21. The Bertz CT molecular complexity index is 954. The largest absolute Gasteiger partial charge is 0.497 e. The van der Waals surface area contributed by atoms with E-state index in [-0.39, 0.29) is 0 Å². The molecule has 2 aromatic carbocycles. The number of carbonyl (C=O) groups is 2. The van der Waals surface area contributed by atoms with Crippen LogP contribution in [0.5, 0.6) is 5.75 Å². The fraction of sp³-hybridized carbons (Fsp3) is 0.0588. The van der Waals surface area contributed by atoms with Gasteiger partial charge in [-0.25, -0.2) is 0 Å². The van der Waals surface area contributed by atoms with Gasteiger partial charge in [0, 0.05) is 20.7 Å². The van der Waals surface area contributed by atoms with Crippen molar-refractivity contribution in [2.75, 3.05) is 7.11 Å². The molecule has 1 aromatic heterocycles. The number of benzene rings is 2. The summed E-state index contributed by atoms with van der Waals surface area (Å²) in [6, 6.07) is 11.7. The maximum Gasteiger partial charge on any atom is 0.281 e. The molecule has 25 heavy (non-hydrogen) atoms. The van der Waals surface area contributed by atoms with Crippen molar-refractivity contribution in [1.82, 2.24) is 10.9 Å². The van der Waals surface area contributed by atoms with E-state index < -0.39 is 11.8 Å². The molecule has 0 spiro atoms. The van der Waals surface area contributed by atoms with Crippen molar-refractivity contribution in [3.63, 3.8) is 0 Å². The first-order valence-electron chi connectivity index (χ1n) is 7.12. The number of hydrazine groups is 1. The van der Waals surface area contributed by atoms with Crippen LogP contribution in [0.2, 0.25) is 10.0 Å². The van der Waals surface area contributed by atoms with Gasteiger partial charge in [-0.05, 0) is 42.5 Å². The molecule has 0 atom stereocenters. The topological polar surface area (TPSA) is 67.4 Å². The average molecular weight is 395 g/mol. The molecule has 0 saturated carbocycles. The molecule has 2 N–H and O–H groups in total. The molecule has 0 aliphatic carbocycles. The minimum absolute atomic E-state index is 0.307. The third-order valence-corrected chi connectivity index (χ3v) is 5.35. The summed E-state index contributed by atoms with van der Waals surface area (Å²) in [6.07, 6.45) is 0. The lowest BCUT2D eigenvalue weighted by atomic mass is 10.2. The van der Waals surface area contributed by atoms with Gasteiger partial charge in [0.05, 0.1) is 12.1 Å². The number of rotatable bonds is 3. The third-order valence-electron chi connectivity index (χ3n) is 3.44. The van der Waals surface area contributed by atoms with Crippen LogP contribution < -0.4 is 15.6 Å². The Morgan fingerprint density at radius 1 is 1.00 bits per heavy atom. The Hall–Kier alpha value is -2.28. The number of amides is 2. The van der Waals surface area contributed by atoms with Crippen LogP contribution in [-0.2, 0) is 0 Å². The van der Waals surface area contributed by atoms with Crippen molar-refractivity contribution in [2.24, 2.45) is 0 Å². The standard InChI is InChI=1S/C17H12Cl2N2O3S/c1-24-11-6-7-12-13(8-11)25-15(14(12)19)17(23)21-20-16(22)9-2-4-10(18)5-3-9/h2-8H,1H3,(H,20,22)(H,21,23). The number of hydrogen-bond acceptors (Lipinski definition) is 4. The van der Waals surface area contributed by atoms with Gasteiger partial charge in [0.2, 0.25) is 0 Å². The number of nitrogens with one attached hydrogen (secondary N) is 2. The van der Waals surface area contributed by atoms with Crippen molar-refractivity contribution in [2.45, 2.75) is 0 Å². The van der Waals surface area contributed by atoms with E-state index in [9.17, 15) is 9.59 Å². The van der Waals surface area contributed by atoms with Gasteiger partial charge in [-0.1, -0.05) is 23.2 Å². The maximum absolute atomic E-state index is 12.3. The van der Waals surface area contributed by atoms with Crippen molar-refractivity contribution < 1.29 is 14.3 Å². The summed E-state index contributed by atoms with van der Waals surface area (Å²) in [5.41, 5.74) is 5.09. The Labute approximate surface area is 157 Å². The Morgan fingerprint density at radius 3 is 2.36 bits per heavy atom. The molecule has 0 fully saturated rings. The van der Waals surface area contributed by atoms with E-state index in [1.807, 2.05) is 0 Å². The van der Waals surface area contributed by atoms with Gasteiger partial charge in [-0.2, -0.15) is 0 Å². The summed E-state index contributed by atoms with van der Waals surface area (Å²) in [7, 11) is 1.57. The highest BCUT2D eigenvalue weighted by Gasteiger charge is 2.18. The number of fused-ring (bicyclic) bond motifs is 1. The highest BCUT2D eigenvalue weighted by atomic mass is 35.5. The van der Waals surface area contributed by atoms with Crippen LogP contribution in [0.15, 0.2) is 42.5 Å². The van der Waals surface area contributed by atoms with Crippen molar-refractivity contribution in [1.29, 1.82) is 0 Å². The normalized spacial score (nSPS) is 10.5. The van der Waals surface area contributed by atoms with Gasteiger partial charge in [-0.3, -0.25) is 20.4 Å². The molecule has 5 nitrogen and oxygen atoms in total. The third kappa shape index (κ3) is 3.71. The maximum atomic E-state index is 12.3. The van der Waals surface area contributed by atoms with Crippen LogP contribution in [0, 0.1) is 0 Å². The summed E-state index contributed by atoms with van der Waals surface area (Å²) in [4.78, 5) is 24.7. The molecular weight excluding hydrogens is 383 g/mol. The van der Waals surface area contributed by atoms with Crippen molar-refractivity contribution in [3.8, 4) is 5.75 Å². The molecule has 0 aliphatic heterocycles. The zero-order valence-electron chi connectivity index (χ0n) is 12.9. The summed E-state index contributed by atoms with van der Waals surface area (Å²) < 4.78 is 5.98. The molecule has 3 aromatic rings. The molecule has 2 amide bonds. The molecule has 0 bridgehead atoms. The van der Waals surface area contributed by atoms with Crippen molar-refractivity contribution >= 4 is 56.4 Å². The van der Waals surface area contributed by atoms with Crippen molar-refractivity contribution in [3.05, 3.63) is 63.0 Å². The lowest BCUT2D eigenvalue weighted by molar-refractivity contribution is 0.0849.